The van der Waals surface area contributed by atoms with Gasteiger partial charge in [-0.2, -0.15) is 0 Å². The molecule has 1 aromatic rings. The summed E-state index contributed by atoms with van der Waals surface area (Å²) in [6.07, 6.45) is -0.540. The van der Waals surface area contributed by atoms with Crippen LogP contribution in [0.5, 0.6) is 0 Å². The van der Waals surface area contributed by atoms with Gasteiger partial charge in [0.05, 0.1) is 28.9 Å². The smallest absolute Gasteiger partial charge is 0.255 e. The fourth-order valence-electron chi connectivity index (χ4n) is 2.15. The fourth-order valence-corrected chi connectivity index (χ4v) is 2.59. The number of hydrogen-bond donors (Lipinski definition) is 1. The minimum absolute atomic E-state index is 0.140. The van der Waals surface area contributed by atoms with Crippen LogP contribution >= 0.6 is 15.9 Å². The molecule has 0 radical (unpaired) electrons. The molecule has 1 saturated heterocycles. The van der Waals surface area contributed by atoms with Gasteiger partial charge in [0.15, 0.2) is 0 Å². The molecule has 1 fully saturated rings. The van der Waals surface area contributed by atoms with E-state index in [1.54, 1.807) is 11.0 Å². The standard InChI is InChI=1S/C13H15BrFNO3/c1-8-5-16(6-9(7-17)19-8)13(18)10-3-2-4-11(15)12(10)14/h2-4,8-9,17H,5-7H2,1H3. The lowest BCUT2D eigenvalue weighted by Crippen LogP contribution is -2.50. The number of morpholine rings is 1. The molecule has 0 spiro atoms. The Labute approximate surface area is 119 Å². The molecule has 2 unspecified atom stereocenters. The second kappa shape index (κ2) is 5.98. The van der Waals surface area contributed by atoms with Gasteiger partial charge in [0.2, 0.25) is 0 Å². The van der Waals surface area contributed by atoms with Gasteiger partial charge < -0.3 is 14.7 Å². The molecule has 1 N–H and O–H groups in total. The van der Waals surface area contributed by atoms with E-state index < -0.39 is 5.82 Å². The van der Waals surface area contributed by atoms with Crippen molar-refractivity contribution >= 4 is 21.8 Å². The maximum atomic E-state index is 13.4. The lowest BCUT2D eigenvalue weighted by Gasteiger charge is -2.36. The molecule has 2 atom stereocenters. The summed E-state index contributed by atoms with van der Waals surface area (Å²) in [4.78, 5) is 13.9. The average molecular weight is 332 g/mol. The molecule has 1 aliphatic heterocycles. The van der Waals surface area contributed by atoms with Gasteiger partial charge in [-0.1, -0.05) is 6.07 Å². The van der Waals surface area contributed by atoms with Gasteiger partial charge in [0, 0.05) is 13.1 Å². The minimum Gasteiger partial charge on any atom is -0.394 e. The number of hydrogen-bond acceptors (Lipinski definition) is 3. The number of carbonyl (C=O) groups is 1. The van der Waals surface area contributed by atoms with Gasteiger partial charge >= 0.3 is 0 Å². The van der Waals surface area contributed by atoms with Gasteiger partial charge in [-0.15, -0.1) is 0 Å². The van der Waals surface area contributed by atoms with Crippen molar-refractivity contribution in [2.75, 3.05) is 19.7 Å². The Balaban J connectivity index is 2.21. The van der Waals surface area contributed by atoms with Crippen LogP contribution in [0.25, 0.3) is 0 Å². The molecule has 0 aromatic heterocycles. The van der Waals surface area contributed by atoms with Gasteiger partial charge in [0.25, 0.3) is 5.91 Å². The number of halogens is 2. The van der Waals surface area contributed by atoms with Crippen LogP contribution in [0.1, 0.15) is 17.3 Å². The molecular formula is C13H15BrFNO3. The number of amides is 1. The summed E-state index contributed by atoms with van der Waals surface area (Å²) < 4.78 is 19.1. The molecule has 0 aliphatic carbocycles. The Morgan fingerprint density at radius 2 is 2.32 bits per heavy atom. The molecule has 2 rings (SSSR count). The lowest BCUT2D eigenvalue weighted by molar-refractivity contribution is -0.0858. The zero-order valence-electron chi connectivity index (χ0n) is 10.5. The first-order valence-corrected chi connectivity index (χ1v) is 6.81. The molecule has 19 heavy (non-hydrogen) atoms. The zero-order chi connectivity index (χ0) is 14.0. The van der Waals surface area contributed by atoms with Crippen molar-refractivity contribution in [1.29, 1.82) is 0 Å². The highest BCUT2D eigenvalue weighted by molar-refractivity contribution is 9.10. The molecule has 4 nitrogen and oxygen atoms in total. The molecule has 0 saturated carbocycles. The maximum Gasteiger partial charge on any atom is 0.255 e. The average Bonchev–Trinajstić information content (AvgIpc) is 2.40. The number of aliphatic hydroxyl groups excluding tert-OH is 1. The van der Waals surface area contributed by atoms with Crippen LogP contribution in [0.4, 0.5) is 4.39 Å². The van der Waals surface area contributed by atoms with Crippen LogP contribution in [0.15, 0.2) is 22.7 Å². The van der Waals surface area contributed by atoms with E-state index >= 15 is 0 Å². The summed E-state index contributed by atoms with van der Waals surface area (Å²) in [7, 11) is 0. The van der Waals surface area contributed by atoms with E-state index in [-0.39, 0.29) is 34.8 Å². The Bertz CT molecular complexity index is 483. The van der Waals surface area contributed by atoms with Crippen molar-refractivity contribution in [2.45, 2.75) is 19.1 Å². The molecular weight excluding hydrogens is 317 g/mol. The summed E-state index contributed by atoms with van der Waals surface area (Å²) in [5, 5.41) is 9.15. The highest BCUT2D eigenvalue weighted by atomic mass is 79.9. The number of rotatable bonds is 2. The Morgan fingerprint density at radius 1 is 1.58 bits per heavy atom. The monoisotopic (exact) mass is 331 g/mol. The van der Waals surface area contributed by atoms with Crippen LogP contribution < -0.4 is 0 Å². The van der Waals surface area contributed by atoms with Crippen molar-refractivity contribution in [3.63, 3.8) is 0 Å². The molecule has 1 aromatic carbocycles. The van der Waals surface area contributed by atoms with E-state index in [4.69, 9.17) is 9.84 Å². The van der Waals surface area contributed by atoms with Crippen LogP contribution in [0.3, 0.4) is 0 Å². The van der Waals surface area contributed by atoms with Crippen molar-refractivity contribution in [3.05, 3.63) is 34.1 Å². The Morgan fingerprint density at radius 3 is 3.00 bits per heavy atom. The van der Waals surface area contributed by atoms with E-state index in [0.29, 0.717) is 13.1 Å². The molecule has 104 valence electrons. The van der Waals surface area contributed by atoms with E-state index in [1.807, 2.05) is 6.92 Å². The zero-order valence-corrected chi connectivity index (χ0v) is 12.1. The summed E-state index contributed by atoms with van der Waals surface area (Å²) in [5.74, 6) is -0.731. The normalized spacial score (nSPS) is 23.5. The predicted octanol–water partition coefficient (Wildman–Crippen LogP) is 1.81. The van der Waals surface area contributed by atoms with Crippen molar-refractivity contribution in [1.82, 2.24) is 4.90 Å². The first-order valence-electron chi connectivity index (χ1n) is 6.02. The van der Waals surface area contributed by atoms with Gasteiger partial charge in [-0.25, -0.2) is 4.39 Å². The number of carbonyl (C=O) groups excluding carboxylic acids is 1. The maximum absolute atomic E-state index is 13.4. The Hall–Kier alpha value is -0.980. The Kier molecular flexibility index (Phi) is 4.54. The van der Waals surface area contributed by atoms with E-state index in [0.717, 1.165) is 0 Å². The van der Waals surface area contributed by atoms with Crippen LogP contribution in [0.2, 0.25) is 0 Å². The van der Waals surface area contributed by atoms with Crippen LogP contribution in [-0.4, -0.2) is 47.8 Å². The van der Waals surface area contributed by atoms with Gasteiger partial charge in [0.1, 0.15) is 5.82 Å². The molecule has 1 heterocycles. The quantitative estimate of drug-likeness (QED) is 0.899. The van der Waals surface area contributed by atoms with Gasteiger partial charge in [-0.3, -0.25) is 4.79 Å². The highest BCUT2D eigenvalue weighted by Crippen LogP contribution is 2.23. The fraction of sp³-hybridized carbons (Fsp3) is 0.462. The van der Waals surface area contributed by atoms with Crippen molar-refractivity contribution in [3.8, 4) is 0 Å². The molecule has 6 heteroatoms. The predicted molar refractivity (Wildman–Crippen MR) is 71.4 cm³/mol. The van der Waals surface area contributed by atoms with Gasteiger partial charge in [-0.05, 0) is 35.0 Å². The third-order valence-corrected chi connectivity index (χ3v) is 3.81. The largest absolute Gasteiger partial charge is 0.394 e. The second-order valence-corrected chi connectivity index (χ2v) is 5.36. The number of ether oxygens (including phenoxy) is 1. The van der Waals surface area contributed by atoms with Crippen molar-refractivity contribution in [2.24, 2.45) is 0 Å². The summed E-state index contributed by atoms with van der Waals surface area (Å²) in [6, 6.07) is 4.36. The summed E-state index contributed by atoms with van der Waals surface area (Å²) >= 11 is 3.09. The summed E-state index contributed by atoms with van der Waals surface area (Å²) in [6.45, 7) is 2.43. The lowest BCUT2D eigenvalue weighted by atomic mass is 10.1. The highest BCUT2D eigenvalue weighted by Gasteiger charge is 2.29. The number of benzene rings is 1. The first-order chi connectivity index (χ1) is 9.02. The van der Waals surface area contributed by atoms with E-state index in [2.05, 4.69) is 15.9 Å². The van der Waals surface area contributed by atoms with E-state index in [9.17, 15) is 9.18 Å². The third-order valence-electron chi connectivity index (χ3n) is 3.00. The second-order valence-electron chi connectivity index (χ2n) is 4.56. The minimum atomic E-state index is -0.467. The number of nitrogens with zero attached hydrogens (tertiary/aromatic N) is 1. The van der Waals surface area contributed by atoms with Crippen molar-refractivity contribution < 1.29 is 19.0 Å². The summed E-state index contributed by atoms with van der Waals surface area (Å²) in [5.41, 5.74) is 0.283. The molecule has 1 amide bonds. The first kappa shape index (κ1) is 14.4. The SMILES string of the molecule is CC1CN(C(=O)c2cccc(F)c2Br)CC(CO)O1. The molecule has 0 bridgehead atoms. The third kappa shape index (κ3) is 3.13. The van der Waals surface area contributed by atoms with E-state index in [1.165, 1.54) is 12.1 Å². The van der Waals surface area contributed by atoms with Crippen LogP contribution in [-0.2, 0) is 4.74 Å². The molecule has 1 aliphatic rings. The topological polar surface area (TPSA) is 49.8 Å². The number of aliphatic hydroxyl groups is 1. The van der Waals surface area contributed by atoms with Crippen LogP contribution in [0, 0.1) is 5.82 Å².